The van der Waals surface area contributed by atoms with E-state index in [1.165, 1.54) is 24.3 Å². The first-order valence-electron chi connectivity index (χ1n) is 10.1. The lowest BCUT2D eigenvalue weighted by Crippen LogP contribution is -2.21. The summed E-state index contributed by atoms with van der Waals surface area (Å²) >= 11 is 5.68. The van der Waals surface area contributed by atoms with E-state index < -0.39 is 28.9 Å². The summed E-state index contributed by atoms with van der Waals surface area (Å²) in [6.07, 6.45) is -9.54. The van der Waals surface area contributed by atoms with E-state index >= 15 is 0 Å². The molecular formula is C22H20ClF6N5O. The van der Waals surface area contributed by atoms with Crippen molar-refractivity contribution in [2.45, 2.75) is 12.5 Å². The molecule has 0 aliphatic rings. The van der Waals surface area contributed by atoms with E-state index in [9.17, 15) is 26.3 Å². The van der Waals surface area contributed by atoms with Crippen LogP contribution in [0.4, 0.5) is 43.8 Å². The van der Waals surface area contributed by atoms with Gasteiger partial charge in [-0.2, -0.15) is 18.2 Å². The lowest BCUT2D eigenvalue weighted by Gasteiger charge is -2.15. The molecule has 1 aromatic heterocycles. The summed E-state index contributed by atoms with van der Waals surface area (Å²) in [5, 5.41) is 5.31. The molecule has 0 saturated heterocycles. The Hall–Kier alpha value is -3.25. The molecule has 0 aliphatic carbocycles. The minimum atomic E-state index is -4.87. The Balaban J connectivity index is 1.98. The van der Waals surface area contributed by atoms with Gasteiger partial charge in [0.15, 0.2) is 0 Å². The zero-order chi connectivity index (χ0) is 25.8. The average Bonchev–Trinajstić information content (AvgIpc) is 2.73. The fourth-order valence-corrected chi connectivity index (χ4v) is 3.17. The highest BCUT2D eigenvalue weighted by Crippen LogP contribution is 2.37. The molecule has 13 heteroatoms. The summed E-state index contributed by atoms with van der Waals surface area (Å²) in [4.78, 5) is 10.5. The van der Waals surface area contributed by atoms with Gasteiger partial charge >= 0.3 is 12.5 Å². The van der Waals surface area contributed by atoms with Crippen LogP contribution in [0.1, 0.15) is 5.56 Å². The molecule has 0 amide bonds. The Labute approximate surface area is 201 Å². The van der Waals surface area contributed by atoms with Crippen LogP contribution in [0.5, 0.6) is 5.75 Å². The summed E-state index contributed by atoms with van der Waals surface area (Å²) in [5.74, 6) is -0.211. The molecule has 0 unspecified atom stereocenters. The standard InChI is InChI=1S/C22H20ClF6N5O/c1-34(2)9-8-30-20-32-18(13-4-3-5-15(10-13)35-22(27,28)29)12-19(33-20)31-14-6-7-17(23)16(11-14)21(24,25)26/h3-7,10-12H,8-9H2,1-2H3,(H2,30,31,32,33). The summed E-state index contributed by atoms with van der Waals surface area (Å²) in [6.45, 7) is 1.06. The van der Waals surface area contributed by atoms with Crippen molar-refractivity contribution in [1.29, 1.82) is 0 Å². The molecule has 35 heavy (non-hydrogen) atoms. The summed E-state index contributed by atoms with van der Waals surface area (Å²) < 4.78 is 81.6. The summed E-state index contributed by atoms with van der Waals surface area (Å²) in [5.41, 5.74) is -0.480. The smallest absolute Gasteiger partial charge is 0.406 e. The second-order valence-electron chi connectivity index (χ2n) is 7.59. The lowest BCUT2D eigenvalue weighted by molar-refractivity contribution is -0.274. The fourth-order valence-electron chi connectivity index (χ4n) is 2.95. The van der Waals surface area contributed by atoms with Crippen LogP contribution in [0.3, 0.4) is 0 Å². The molecule has 3 rings (SSSR count). The Morgan fingerprint density at radius 1 is 0.971 bits per heavy atom. The highest BCUT2D eigenvalue weighted by atomic mass is 35.5. The number of alkyl halides is 6. The number of hydrogen-bond acceptors (Lipinski definition) is 6. The maximum Gasteiger partial charge on any atom is 0.573 e. The van der Waals surface area contributed by atoms with Gasteiger partial charge < -0.3 is 20.3 Å². The van der Waals surface area contributed by atoms with Gasteiger partial charge in [0.2, 0.25) is 5.95 Å². The van der Waals surface area contributed by atoms with Crippen LogP contribution < -0.4 is 15.4 Å². The Bertz CT molecular complexity index is 1170. The highest BCUT2D eigenvalue weighted by Gasteiger charge is 2.33. The number of halogens is 7. The Morgan fingerprint density at radius 3 is 2.37 bits per heavy atom. The first-order valence-corrected chi connectivity index (χ1v) is 10.5. The fraction of sp³-hybridized carbons (Fsp3) is 0.273. The maximum atomic E-state index is 13.2. The largest absolute Gasteiger partial charge is 0.573 e. The molecule has 0 saturated carbocycles. The van der Waals surface area contributed by atoms with Gasteiger partial charge in [-0.1, -0.05) is 23.7 Å². The zero-order valence-corrected chi connectivity index (χ0v) is 19.2. The van der Waals surface area contributed by atoms with Crippen LogP contribution in [0.15, 0.2) is 48.5 Å². The summed E-state index contributed by atoms with van der Waals surface area (Å²) in [6, 6.07) is 9.84. The van der Waals surface area contributed by atoms with E-state index in [0.29, 0.717) is 13.1 Å². The van der Waals surface area contributed by atoms with Gasteiger partial charge in [0.25, 0.3) is 0 Å². The topological polar surface area (TPSA) is 62.3 Å². The van der Waals surface area contributed by atoms with E-state index in [0.717, 1.165) is 24.3 Å². The van der Waals surface area contributed by atoms with Gasteiger partial charge in [-0.05, 0) is 44.4 Å². The third-order valence-electron chi connectivity index (χ3n) is 4.48. The number of hydrogen-bond donors (Lipinski definition) is 2. The van der Waals surface area contributed by atoms with E-state index in [4.69, 9.17) is 11.6 Å². The molecule has 0 radical (unpaired) electrons. The molecule has 6 nitrogen and oxygen atoms in total. The lowest BCUT2D eigenvalue weighted by atomic mass is 10.1. The number of nitrogens with one attached hydrogen (secondary N) is 2. The molecule has 188 valence electrons. The van der Waals surface area contributed by atoms with Crippen LogP contribution in [-0.4, -0.2) is 48.4 Å². The zero-order valence-electron chi connectivity index (χ0n) is 18.4. The minimum absolute atomic E-state index is 0.0553. The van der Waals surface area contributed by atoms with Gasteiger partial charge in [0, 0.05) is 30.4 Å². The second-order valence-corrected chi connectivity index (χ2v) is 7.99. The highest BCUT2D eigenvalue weighted by molar-refractivity contribution is 6.31. The SMILES string of the molecule is CN(C)CCNc1nc(Nc2ccc(Cl)c(C(F)(F)F)c2)cc(-c2cccc(OC(F)(F)F)c2)n1. The van der Waals surface area contributed by atoms with Crippen molar-refractivity contribution in [3.05, 3.63) is 59.1 Å². The van der Waals surface area contributed by atoms with Crippen molar-refractivity contribution >= 4 is 29.1 Å². The van der Waals surface area contributed by atoms with Crippen molar-refractivity contribution in [1.82, 2.24) is 14.9 Å². The molecule has 2 aromatic carbocycles. The third-order valence-corrected chi connectivity index (χ3v) is 4.81. The van der Waals surface area contributed by atoms with Crippen molar-refractivity contribution in [2.75, 3.05) is 37.8 Å². The van der Waals surface area contributed by atoms with E-state index in [1.54, 1.807) is 0 Å². The van der Waals surface area contributed by atoms with Crippen LogP contribution in [0.25, 0.3) is 11.3 Å². The van der Waals surface area contributed by atoms with Crippen LogP contribution in [-0.2, 0) is 6.18 Å². The van der Waals surface area contributed by atoms with E-state index in [-0.39, 0.29) is 28.7 Å². The van der Waals surface area contributed by atoms with Crippen LogP contribution >= 0.6 is 11.6 Å². The van der Waals surface area contributed by atoms with E-state index in [2.05, 4.69) is 25.3 Å². The maximum absolute atomic E-state index is 13.2. The molecule has 3 aromatic rings. The molecule has 2 N–H and O–H groups in total. The Morgan fingerprint density at radius 2 is 1.71 bits per heavy atom. The molecular weight excluding hydrogens is 500 g/mol. The van der Waals surface area contributed by atoms with Gasteiger partial charge in [-0.15, -0.1) is 13.2 Å². The molecule has 1 heterocycles. The second kappa shape index (κ2) is 10.6. The van der Waals surface area contributed by atoms with Crippen LogP contribution in [0.2, 0.25) is 5.02 Å². The number of anilines is 3. The number of benzene rings is 2. The van der Waals surface area contributed by atoms with E-state index in [1.807, 2.05) is 19.0 Å². The quantitative estimate of drug-likeness (QED) is 0.334. The predicted octanol–water partition coefficient (Wildman–Crippen LogP) is 6.43. The van der Waals surface area contributed by atoms with Gasteiger partial charge in [-0.3, -0.25) is 0 Å². The van der Waals surface area contributed by atoms with Gasteiger partial charge in [0.05, 0.1) is 16.3 Å². The first kappa shape index (κ1) is 26.4. The number of nitrogens with zero attached hydrogens (tertiary/aromatic N) is 3. The predicted molar refractivity (Wildman–Crippen MR) is 121 cm³/mol. The average molecular weight is 520 g/mol. The number of aromatic nitrogens is 2. The van der Waals surface area contributed by atoms with Gasteiger partial charge in [-0.25, -0.2) is 4.98 Å². The van der Waals surface area contributed by atoms with Gasteiger partial charge in [0.1, 0.15) is 11.6 Å². The first-order chi connectivity index (χ1) is 16.3. The molecule has 0 fully saturated rings. The van der Waals surface area contributed by atoms with Crippen molar-refractivity contribution in [2.24, 2.45) is 0 Å². The monoisotopic (exact) mass is 519 g/mol. The molecule has 0 aliphatic heterocycles. The number of rotatable bonds is 8. The third kappa shape index (κ3) is 7.89. The molecule has 0 bridgehead atoms. The molecule has 0 atom stereocenters. The van der Waals surface area contributed by atoms with Crippen molar-refractivity contribution < 1.29 is 31.1 Å². The minimum Gasteiger partial charge on any atom is -0.406 e. The number of likely N-dealkylation sites (N-methyl/N-ethyl adjacent to an activating group) is 1. The van der Waals surface area contributed by atoms with Crippen LogP contribution in [0, 0.1) is 0 Å². The van der Waals surface area contributed by atoms with Crippen molar-refractivity contribution in [3.8, 4) is 17.0 Å². The normalized spacial score (nSPS) is 12.1. The molecule has 0 spiro atoms. The Kier molecular flexibility index (Phi) is 7.96. The summed E-state index contributed by atoms with van der Waals surface area (Å²) in [7, 11) is 3.72. The number of ether oxygens (including phenoxy) is 1. The van der Waals surface area contributed by atoms with Crippen molar-refractivity contribution in [3.63, 3.8) is 0 Å².